The van der Waals surface area contributed by atoms with Crippen molar-refractivity contribution in [3.63, 3.8) is 0 Å². The van der Waals surface area contributed by atoms with E-state index in [4.69, 9.17) is 4.42 Å². The highest BCUT2D eigenvalue weighted by atomic mass is 16.3. The Kier molecular flexibility index (Phi) is 7.64. The molecule has 0 fully saturated rings. The number of furan rings is 1. The average Bonchev–Trinajstić information content (AvgIpc) is 3.84. The van der Waals surface area contributed by atoms with Crippen LogP contribution in [-0.4, -0.2) is 4.57 Å². The summed E-state index contributed by atoms with van der Waals surface area (Å²) in [6.45, 7) is 0. The molecular weight excluding hydrogens is 715 g/mol. The lowest BCUT2D eigenvalue weighted by Gasteiger charge is -2.24. The summed E-state index contributed by atoms with van der Waals surface area (Å²) in [4.78, 5) is 0. The van der Waals surface area contributed by atoms with Gasteiger partial charge in [0, 0.05) is 27.2 Å². The minimum absolute atomic E-state index is 0.872. The van der Waals surface area contributed by atoms with Gasteiger partial charge < -0.3 is 8.98 Å². The molecule has 0 amide bonds. The fourth-order valence-corrected chi connectivity index (χ4v) is 9.34. The molecule has 1 aliphatic rings. The Morgan fingerprint density at radius 3 is 1.81 bits per heavy atom. The summed E-state index contributed by atoms with van der Waals surface area (Å²) in [7, 11) is 0. The Balaban J connectivity index is 0.985. The van der Waals surface area contributed by atoms with Crippen molar-refractivity contribution in [3.05, 3.63) is 223 Å². The zero-order chi connectivity index (χ0) is 38.9. The highest BCUT2D eigenvalue weighted by Gasteiger charge is 2.23. The van der Waals surface area contributed by atoms with Crippen LogP contribution in [0.25, 0.3) is 106 Å². The molecule has 2 aromatic heterocycles. The van der Waals surface area contributed by atoms with Crippen LogP contribution in [-0.2, 0) is 6.42 Å². The van der Waals surface area contributed by atoms with Crippen molar-refractivity contribution in [2.45, 2.75) is 6.42 Å². The topological polar surface area (TPSA) is 18.1 Å². The second-order valence-electron chi connectivity index (χ2n) is 15.7. The molecule has 276 valence electrons. The Morgan fingerprint density at radius 2 is 0.966 bits per heavy atom. The lowest BCUT2D eigenvalue weighted by Crippen LogP contribution is -2.04. The molecule has 0 radical (unpaired) electrons. The molecule has 0 aliphatic heterocycles. The quantitative estimate of drug-likeness (QED) is 0.171. The van der Waals surface area contributed by atoms with Gasteiger partial charge in [0.25, 0.3) is 0 Å². The van der Waals surface area contributed by atoms with E-state index in [0.717, 1.165) is 39.6 Å². The van der Waals surface area contributed by atoms with Crippen molar-refractivity contribution in [1.29, 1.82) is 0 Å². The molecule has 0 unspecified atom stereocenters. The van der Waals surface area contributed by atoms with Crippen LogP contribution in [0.3, 0.4) is 0 Å². The Labute approximate surface area is 342 Å². The fourth-order valence-electron chi connectivity index (χ4n) is 9.34. The number of allylic oxidation sites excluding steroid dienone is 1. The molecule has 59 heavy (non-hydrogen) atoms. The van der Waals surface area contributed by atoms with E-state index in [9.17, 15) is 0 Å². The SMILES string of the molecule is C(=C1\Cc2ccc(-c3ccc4c(c3)oc3ccccc34)cc2-c2cc(-c3ccc4c(c3)c3ccccc3n4-c3ccc(-c4ccccc4)cc3)ccc21)/c1ccccc1. The van der Waals surface area contributed by atoms with Crippen LogP contribution in [0, 0.1) is 0 Å². The van der Waals surface area contributed by atoms with Gasteiger partial charge in [0.2, 0.25) is 0 Å². The summed E-state index contributed by atoms with van der Waals surface area (Å²) in [5, 5.41) is 4.79. The average molecular weight is 752 g/mol. The molecule has 0 atom stereocenters. The number of rotatable bonds is 5. The molecule has 2 heteroatoms. The van der Waals surface area contributed by atoms with Crippen LogP contribution < -0.4 is 0 Å². The molecule has 0 bridgehead atoms. The smallest absolute Gasteiger partial charge is 0.136 e. The lowest BCUT2D eigenvalue weighted by atomic mass is 9.79. The first-order valence-electron chi connectivity index (χ1n) is 20.4. The molecule has 0 spiro atoms. The van der Waals surface area contributed by atoms with Gasteiger partial charge in [0.05, 0.1) is 11.0 Å². The van der Waals surface area contributed by atoms with E-state index < -0.39 is 0 Å². The third-order valence-electron chi connectivity index (χ3n) is 12.2. The first-order valence-corrected chi connectivity index (χ1v) is 20.4. The van der Waals surface area contributed by atoms with E-state index in [1.54, 1.807) is 0 Å². The van der Waals surface area contributed by atoms with Gasteiger partial charge in [-0.2, -0.15) is 0 Å². The Bertz CT molecular complexity index is 3440. The van der Waals surface area contributed by atoms with Crippen molar-refractivity contribution >= 4 is 55.4 Å². The summed E-state index contributed by atoms with van der Waals surface area (Å²) in [5.74, 6) is 0. The zero-order valence-corrected chi connectivity index (χ0v) is 32.3. The van der Waals surface area contributed by atoms with Crippen molar-refractivity contribution < 1.29 is 4.42 Å². The maximum Gasteiger partial charge on any atom is 0.136 e. The first-order chi connectivity index (χ1) is 29.2. The Morgan fingerprint density at radius 1 is 0.373 bits per heavy atom. The van der Waals surface area contributed by atoms with Crippen molar-refractivity contribution in [2.75, 3.05) is 0 Å². The number of aromatic nitrogens is 1. The highest BCUT2D eigenvalue weighted by Crippen LogP contribution is 2.45. The predicted molar refractivity (Wildman–Crippen MR) is 248 cm³/mol. The minimum Gasteiger partial charge on any atom is -0.456 e. The van der Waals surface area contributed by atoms with Gasteiger partial charge in [-0.05, 0) is 134 Å². The summed E-state index contributed by atoms with van der Waals surface area (Å²) in [6, 6.07) is 75.0. The second kappa shape index (κ2) is 13.5. The Hall–Kier alpha value is -7.68. The summed E-state index contributed by atoms with van der Waals surface area (Å²) in [5.41, 5.74) is 20.3. The second-order valence-corrected chi connectivity index (χ2v) is 15.7. The minimum atomic E-state index is 0.872. The van der Waals surface area contributed by atoms with E-state index in [1.807, 2.05) is 12.1 Å². The van der Waals surface area contributed by atoms with Gasteiger partial charge in [-0.3, -0.25) is 0 Å². The molecule has 1 aliphatic carbocycles. The highest BCUT2D eigenvalue weighted by molar-refractivity contribution is 6.11. The maximum atomic E-state index is 6.32. The molecule has 2 heterocycles. The van der Waals surface area contributed by atoms with Crippen LogP contribution in [0.4, 0.5) is 0 Å². The predicted octanol–water partition coefficient (Wildman–Crippen LogP) is 15.4. The molecular formula is C57H37NO. The van der Waals surface area contributed by atoms with Gasteiger partial charge in [-0.25, -0.2) is 0 Å². The van der Waals surface area contributed by atoms with Gasteiger partial charge in [0.1, 0.15) is 11.2 Å². The van der Waals surface area contributed by atoms with Crippen LogP contribution in [0.1, 0.15) is 16.7 Å². The van der Waals surface area contributed by atoms with Gasteiger partial charge in [-0.1, -0.05) is 152 Å². The number of hydrogen-bond acceptors (Lipinski definition) is 1. The molecule has 2 nitrogen and oxygen atoms in total. The van der Waals surface area contributed by atoms with E-state index in [0.29, 0.717) is 0 Å². The van der Waals surface area contributed by atoms with Crippen LogP contribution >= 0.6 is 0 Å². The lowest BCUT2D eigenvalue weighted by molar-refractivity contribution is 0.669. The summed E-state index contributed by atoms with van der Waals surface area (Å²) >= 11 is 0. The third kappa shape index (κ3) is 5.64. The number of nitrogens with zero attached hydrogens (tertiary/aromatic N) is 1. The monoisotopic (exact) mass is 751 g/mol. The molecule has 0 N–H and O–H groups in total. The number of hydrogen-bond donors (Lipinski definition) is 0. The summed E-state index contributed by atoms with van der Waals surface area (Å²) < 4.78 is 8.72. The first kappa shape index (κ1) is 33.5. The van der Waals surface area contributed by atoms with Crippen molar-refractivity contribution in [2.24, 2.45) is 0 Å². The molecule has 9 aromatic carbocycles. The van der Waals surface area contributed by atoms with Gasteiger partial charge in [0.15, 0.2) is 0 Å². The number of fused-ring (bicyclic) bond motifs is 9. The number of benzene rings is 9. The van der Waals surface area contributed by atoms with Gasteiger partial charge in [-0.15, -0.1) is 0 Å². The van der Waals surface area contributed by atoms with Gasteiger partial charge >= 0.3 is 0 Å². The van der Waals surface area contributed by atoms with Crippen molar-refractivity contribution in [3.8, 4) is 50.2 Å². The normalized spacial score (nSPS) is 13.1. The van der Waals surface area contributed by atoms with E-state index >= 15 is 0 Å². The van der Waals surface area contributed by atoms with E-state index in [-0.39, 0.29) is 0 Å². The molecule has 11 aromatic rings. The zero-order valence-electron chi connectivity index (χ0n) is 32.3. The standard InChI is InChI=1S/C57H37NO/c1-3-11-37(12-4-1)31-45-32-44-20-19-40(43-24-29-50-49-16-8-10-18-56(49)59-57(50)36-43)33-51(44)52-34-41(23-28-47(45)52)42-25-30-55-53(35-42)48-15-7-9-17-54(48)58(55)46-26-21-39(22-27-46)38-13-5-2-6-14-38/h1-31,33-36H,32H2/b45-31-. The molecule has 0 saturated carbocycles. The fraction of sp³-hybridized carbons (Fsp3) is 0.0175. The molecule has 12 rings (SSSR count). The van der Waals surface area contributed by atoms with Crippen molar-refractivity contribution in [1.82, 2.24) is 4.57 Å². The largest absolute Gasteiger partial charge is 0.456 e. The van der Waals surface area contributed by atoms with Crippen LogP contribution in [0.2, 0.25) is 0 Å². The number of para-hydroxylation sites is 2. The molecule has 0 saturated heterocycles. The van der Waals surface area contributed by atoms with E-state index in [1.165, 1.54) is 83.0 Å². The third-order valence-corrected chi connectivity index (χ3v) is 12.2. The van der Waals surface area contributed by atoms with Crippen LogP contribution in [0.15, 0.2) is 211 Å². The van der Waals surface area contributed by atoms with Crippen LogP contribution in [0.5, 0.6) is 0 Å². The summed E-state index contributed by atoms with van der Waals surface area (Å²) in [6.07, 6.45) is 3.23. The van der Waals surface area contributed by atoms with E-state index in [2.05, 4.69) is 205 Å². The maximum absolute atomic E-state index is 6.32.